The molecule has 8 heteroatoms. The minimum absolute atomic E-state index is 0.0249. The molecule has 0 radical (unpaired) electrons. The highest BCUT2D eigenvalue weighted by atomic mass is 16.6. The fraction of sp³-hybridized carbons (Fsp3) is 0.0270. The van der Waals surface area contributed by atoms with E-state index in [0.29, 0.717) is 23.0 Å². The number of ether oxygens (including phenoxy) is 2. The second-order valence-corrected chi connectivity index (χ2v) is 10.5. The van der Waals surface area contributed by atoms with Crippen molar-refractivity contribution in [2.45, 2.75) is 5.41 Å². The van der Waals surface area contributed by atoms with Crippen LogP contribution >= 0.6 is 0 Å². The first kappa shape index (κ1) is 27.5. The minimum Gasteiger partial charge on any atom is -0.457 e. The lowest BCUT2D eigenvalue weighted by molar-refractivity contribution is -0.385. The third-order valence-electron chi connectivity index (χ3n) is 8.09. The molecule has 0 unspecified atom stereocenters. The molecular weight excluding hydrogens is 568 g/mol. The number of nitrogens with zero attached hydrogens (tertiary/aromatic N) is 2. The van der Waals surface area contributed by atoms with Gasteiger partial charge >= 0.3 is 0 Å². The first-order valence-corrected chi connectivity index (χ1v) is 14.2. The fourth-order valence-electron chi connectivity index (χ4n) is 6.22. The van der Waals surface area contributed by atoms with E-state index in [1.807, 2.05) is 72.8 Å². The zero-order chi connectivity index (χ0) is 31.0. The number of hydrogen-bond acceptors (Lipinski definition) is 6. The maximum atomic E-state index is 11.3. The second kappa shape index (κ2) is 11.1. The van der Waals surface area contributed by atoms with Crippen LogP contribution < -0.4 is 9.47 Å². The van der Waals surface area contributed by atoms with Crippen molar-refractivity contribution in [2.75, 3.05) is 0 Å². The molecule has 0 heterocycles. The molecular formula is C37H24N2O6. The van der Waals surface area contributed by atoms with Gasteiger partial charge in [0, 0.05) is 35.4 Å². The predicted molar refractivity (Wildman–Crippen MR) is 170 cm³/mol. The maximum Gasteiger partial charge on any atom is 0.269 e. The van der Waals surface area contributed by atoms with E-state index in [1.54, 1.807) is 24.3 Å². The largest absolute Gasteiger partial charge is 0.457 e. The molecule has 0 aliphatic heterocycles. The van der Waals surface area contributed by atoms with Crippen molar-refractivity contribution in [3.8, 4) is 34.1 Å². The van der Waals surface area contributed by atoms with E-state index in [1.165, 1.54) is 24.3 Å². The van der Waals surface area contributed by atoms with Crippen molar-refractivity contribution in [3.63, 3.8) is 0 Å². The molecule has 0 bridgehead atoms. The van der Waals surface area contributed by atoms with Crippen molar-refractivity contribution in [2.24, 2.45) is 0 Å². The average molecular weight is 593 g/mol. The molecule has 0 aromatic heterocycles. The van der Waals surface area contributed by atoms with Crippen LogP contribution in [0.2, 0.25) is 0 Å². The van der Waals surface area contributed by atoms with Crippen molar-refractivity contribution in [1.82, 2.24) is 0 Å². The third-order valence-corrected chi connectivity index (χ3v) is 8.09. The molecule has 6 aromatic rings. The van der Waals surface area contributed by atoms with Crippen LogP contribution in [0.4, 0.5) is 11.4 Å². The molecule has 0 spiro atoms. The van der Waals surface area contributed by atoms with Crippen LogP contribution in [-0.2, 0) is 5.41 Å². The van der Waals surface area contributed by atoms with Crippen LogP contribution in [0, 0.1) is 20.2 Å². The molecule has 0 N–H and O–H groups in total. The molecule has 0 saturated carbocycles. The third kappa shape index (κ3) is 4.65. The molecule has 0 atom stereocenters. The summed E-state index contributed by atoms with van der Waals surface area (Å²) in [4.78, 5) is 21.6. The Morgan fingerprint density at radius 1 is 0.422 bits per heavy atom. The Hall–Kier alpha value is -6.28. The Bertz CT molecular complexity index is 1920. The van der Waals surface area contributed by atoms with Gasteiger partial charge in [-0.2, -0.15) is 0 Å². The van der Waals surface area contributed by atoms with Crippen LogP contribution in [-0.4, -0.2) is 9.85 Å². The van der Waals surface area contributed by atoms with E-state index in [-0.39, 0.29) is 11.4 Å². The lowest BCUT2D eigenvalue weighted by Crippen LogP contribution is -2.29. The van der Waals surface area contributed by atoms with Gasteiger partial charge in [-0.05, 0) is 58.7 Å². The predicted octanol–water partition coefficient (Wildman–Crippen LogP) is 9.45. The Balaban J connectivity index is 1.47. The van der Waals surface area contributed by atoms with Crippen molar-refractivity contribution >= 4 is 11.4 Å². The first-order chi connectivity index (χ1) is 22.0. The minimum atomic E-state index is -0.901. The van der Waals surface area contributed by atoms with E-state index in [4.69, 9.17) is 9.47 Å². The fourth-order valence-corrected chi connectivity index (χ4v) is 6.22. The number of benzene rings is 6. The van der Waals surface area contributed by atoms with E-state index in [0.717, 1.165) is 33.4 Å². The van der Waals surface area contributed by atoms with Crippen LogP contribution in [0.3, 0.4) is 0 Å². The quantitative estimate of drug-likeness (QED) is 0.129. The van der Waals surface area contributed by atoms with E-state index in [9.17, 15) is 20.2 Å². The van der Waals surface area contributed by atoms with Crippen molar-refractivity contribution in [1.29, 1.82) is 0 Å². The number of hydrogen-bond donors (Lipinski definition) is 0. The molecule has 1 aliphatic rings. The lowest BCUT2D eigenvalue weighted by Gasteiger charge is -2.36. The van der Waals surface area contributed by atoms with E-state index < -0.39 is 15.3 Å². The van der Waals surface area contributed by atoms with Gasteiger partial charge in [-0.3, -0.25) is 20.2 Å². The number of nitro benzene ring substituents is 2. The first-order valence-electron chi connectivity index (χ1n) is 14.2. The summed E-state index contributed by atoms with van der Waals surface area (Å²) in [6.07, 6.45) is 0. The molecule has 8 nitrogen and oxygen atoms in total. The number of non-ortho nitro benzene ring substituents is 2. The Kier molecular flexibility index (Phi) is 6.79. The SMILES string of the molecule is O=[N+]([O-])c1ccc(Oc2ccccc2C2(c3ccccc3Oc3ccc([N+](=O)[O-])cc3)c3ccccc3-c3ccccc32)cc1. The Morgan fingerprint density at radius 3 is 1.13 bits per heavy atom. The van der Waals surface area contributed by atoms with Crippen molar-refractivity contribution in [3.05, 3.63) is 188 Å². The molecule has 0 amide bonds. The highest BCUT2D eigenvalue weighted by Gasteiger charge is 2.49. The van der Waals surface area contributed by atoms with Gasteiger partial charge in [0.1, 0.15) is 23.0 Å². The summed E-state index contributed by atoms with van der Waals surface area (Å²) in [5, 5.41) is 22.5. The normalized spacial score (nSPS) is 12.5. The maximum absolute atomic E-state index is 11.3. The topological polar surface area (TPSA) is 105 Å². The summed E-state index contributed by atoms with van der Waals surface area (Å²) in [5.74, 6) is 2.06. The van der Waals surface area contributed by atoms with Crippen molar-refractivity contribution < 1.29 is 19.3 Å². The summed E-state index contributed by atoms with van der Waals surface area (Å²) in [5.41, 5.74) is 4.96. The Labute approximate surface area is 258 Å². The van der Waals surface area contributed by atoms with Crippen LogP contribution in [0.15, 0.2) is 146 Å². The summed E-state index contributed by atoms with van der Waals surface area (Å²) in [6.45, 7) is 0. The molecule has 45 heavy (non-hydrogen) atoms. The summed E-state index contributed by atoms with van der Waals surface area (Å²) < 4.78 is 13.0. The number of rotatable bonds is 8. The van der Waals surface area contributed by atoms with Gasteiger partial charge in [0.05, 0.1) is 15.3 Å². The van der Waals surface area contributed by atoms with Gasteiger partial charge in [0.15, 0.2) is 0 Å². The van der Waals surface area contributed by atoms with Crippen LogP contribution in [0.1, 0.15) is 22.3 Å². The summed E-state index contributed by atoms with van der Waals surface area (Å²) >= 11 is 0. The molecule has 7 rings (SSSR count). The molecule has 1 aliphatic carbocycles. The number of para-hydroxylation sites is 2. The molecule has 6 aromatic carbocycles. The van der Waals surface area contributed by atoms with E-state index >= 15 is 0 Å². The van der Waals surface area contributed by atoms with Gasteiger partial charge in [-0.15, -0.1) is 0 Å². The van der Waals surface area contributed by atoms with Gasteiger partial charge in [0.2, 0.25) is 0 Å². The molecule has 0 fully saturated rings. The summed E-state index contributed by atoms with van der Waals surface area (Å²) in [6, 6.07) is 44.1. The van der Waals surface area contributed by atoms with E-state index in [2.05, 4.69) is 24.3 Å². The number of nitro groups is 2. The highest BCUT2D eigenvalue weighted by molar-refractivity contribution is 5.87. The van der Waals surface area contributed by atoms with Crippen LogP contribution in [0.5, 0.6) is 23.0 Å². The van der Waals surface area contributed by atoms with Gasteiger partial charge < -0.3 is 9.47 Å². The van der Waals surface area contributed by atoms with Gasteiger partial charge in [-0.25, -0.2) is 0 Å². The second-order valence-electron chi connectivity index (χ2n) is 10.5. The average Bonchev–Trinajstić information content (AvgIpc) is 3.37. The standard InChI is InChI=1S/C37H24N2O6/c40-38(41)25-17-21-27(22-18-25)44-35-15-7-5-13-33(35)37(31-11-3-1-9-29(31)30-10-2-4-12-32(30)37)34-14-6-8-16-36(34)45-28-23-19-26(20-24-28)39(42)43/h1-24H. The molecule has 0 saturated heterocycles. The smallest absolute Gasteiger partial charge is 0.269 e. The zero-order valence-corrected chi connectivity index (χ0v) is 23.7. The van der Waals surface area contributed by atoms with Crippen LogP contribution in [0.25, 0.3) is 11.1 Å². The lowest BCUT2D eigenvalue weighted by atomic mass is 9.67. The van der Waals surface area contributed by atoms with Gasteiger partial charge in [0.25, 0.3) is 11.4 Å². The summed E-state index contributed by atoms with van der Waals surface area (Å²) in [7, 11) is 0. The molecule has 218 valence electrons. The number of fused-ring (bicyclic) bond motifs is 3. The Morgan fingerprint density at radius 2 is 0.756 bits per heavy atom. The highest BCUT2D eigenvalue weighted by Crippen LogP contribution is 2.59. The zero-order valence-electron chi connectivity index (χ0n) is 23.7. The van der Waals surface area contributed by atoms with Gasteiger partial charge in [-0.1, -0.05) is 84.9 Å². The monoisotopic (exact) mass is 592 g/mol.